The molecule has 2 N–H and O–H groups in total. The van der Waals surface area contributed by atoms with Gasteiger partial charge in [0.05, 0.1) is 15.5 Å². The van der Waals surface area contributed by atoms with Crippen molar-refractivity contribution >= 4 is 37.9 Å². The molecular weight excluding hydrogens is 306 g/mol. The highest BCUT2D eigenvalue weighted by molar-refractivity contribution is 7.91. The van der Waals surface area contributed by atoms with E-state index in [1.807, 2.05) is 24.3 Å². The van der Waals surface area contributed by atoms with Gasteiger partial charge >= 0.3 is 0 Å². The maximum absolute atomic E-state index is 12.7. The molecule has 106 valence electrons. The van der Waals surface area contributed by atoms with Crippen molar-refractivity contribution in [2.75, 3.05) is 5.73 Å². The van der Waals surface area contributed by atoms with Crippen LogP contribution < -0.4 is 5.73 Å². The van der Waals surface area contributed by atoms with Crippen molar-refractivity contribution in [2.45, 2.75) is 9.79 Å². The van der Waals surface area contributed by atoms with Gasteiger partial charge in [0, 0.05) is 5.02 Å². The van der Waals surface area contributed by atoms with Crippen molar-refractivity contribution in [3.63, 3.8) is 0 Å². The Kier molecular flexibility index (Phi) is 3.35. The first kappa shape index (κ1) is 13.9. The third-order valence-corrected chi connectivity index (χ3v) is 5.35. The molecule has 21 heavy (non-hydrogen) atoms. The van der Waals surface area contributed by atoms with Crippen molar-refractivity contribution < 1.29 is 8.42 Å². The van der Waals surface area contributed by atoms with E-state index in [1.54, 1.807) is 18.2 Å². The lowest BCUT2D eigenvalue weighted by Gasteiger charge is -2.09. The highest BCUT2D eigenvalue weighted by Crippen LogP contribution is 2.29. The molecule has 5 heteroatoms. The third kappa shape index (κ3) is 2.48. The molecule has 3 aromatic carbocycles. The summed E-state index contributed by atoms with van der Waals surface area (Å²) in [5.74, 6) is 0. The topological polar surface area (TPSA) is 60.2 Å². The van der Waals surface area contributed by atoms with Crippen LogP contribution in [-0.2, 0) is 9.84 Å². The van der Waals surface area contributed by atoms with Crippen LogP contribution in [0.2, 0.25) is 5.02 Å². The molecule has 0 aliphatic heterocycles. The van der Waals surface area contributed by atoms with E-state index in [0.717, 1.165) is 10.8 Å². The first-order valence-electron chi connectivity index (χ1n) is 6.27. The summed E-state index contributed by atoms with van der Waals surface area (Å²) in [5.41, 5.74) is 5.94. The Hall–Kier alpha value is -2.04. The highest BCUT2D eigenvalue weighted by atomic mass is 35.5. The minimum atomic E-state index is -3.66. The monoisotopic (exact) mass is 317 g/mol. The van der Waals surface area contributed by atoms with Gasteiger partial charge < -0.3 is 5.73 Å². The van der Waals surface area contributed by atoms with Gasteiger partial charge in [0.1, 0.15) is 0 Å². The van der Waals surface area contributed by atoms with Gasteiger partial charge in [-0.2, -0.15) is 0 Å². The summed E-state index contributed by atoms with van der Waals surface area (Å²) in [5, 5.41) is 2.26. The largest absolute Gasteiger partial charge is 0.398 e. The summed E-state index contributed by atoms with van der Waals surface area (Å²) in [4.78, 5) is 0.289. The first-order chi connectivity index (χ1) is 9.98. The summed E-state index contributed by atoms with van der Waals surface area (Å²) in [7, 11) is -3.66. The Labute approximate surface area is 127 Å². The van der Waals surface area contributed by atoms with Crippen LogP contribution in [0.3, 0.4) is 0 Å². The van der Waals surface area contributed by atoms with Gasteiger partial charge in [-0.25, -0.2) is 8.42 Å². The maximum atomic E-state index is 12.7. The van der Waals surface area contributed by atoms with Gasteiger partial charge in [-0.05, 0) is 41.1 Å². The molecule has 3 nitrogen and oxygen atoms in total. The van der Waals surface area contributed by atoms with Crippen molar-refractivity contribution in [2.24, 2.45) is 0 Å². The molecule has 0 radical (unpaired) electrons. The van der Waals surface area contributed by atoms with Crippen molar-refractivity contribution in [3.05, 3.63) is 65.7 Å². The maximum Gasteiger partial charge on any atom is 0.208 e. The van der Waals surface area contributed by atoms with E-state index in [0.29, 0.717) is 5.02 Å². The fourth-order valence-electron chi connectivity index (χ4n) is 2.23. The second-order valence-corrected chi connectivity index (χ2v) is 7.05. The summed E-state index contributed by atoms with van der Waals surface area (Å²) in [6.45, 7) is 0. The number of nitrogens with two attached hydrogens (primary N) is 1. The number of anilines is 1. The fourth-order valence-corrected chi connectivity index (χ4v) is 3.81. The second kappa shape index (κ2) is 5.06. The van der Waals surface area contributed by atoms with Crippen LogP contribution in [0.25, 0.3) is 10.8 Å². The van der Waals surface area contributed by atoms with E-state index in [1.165, 1.54) is 18.2 Å². The van der Waals surface area contributed by atoms with Gasteiger partial charge in [0.15, 0.2) is 0 Å². The molecule has 0 aliphatic rings. The first-order valence-corrected chi connectivity index (χ1v) is 8.13. The molecule has 0 heterocycles. The van der Waals surface area contributed by atoms with E-state index in [9.17, 15) is 8.42 Å². The number of hydrogen-bond donors (Lipinski definition) is 1. The Balaban J connectivity index is 2.20. The zero-order valence-electron chi connectivity index (χ0n) is 11.0. The molecule has 0 saturated carbocycles. The number of sulfone groups is 1. The molecule has 0 bridgehead atoms. The molecular formula is C16H12ClNO2S. The van der Waals surface area contributed by atoms with Gasteiger partial charge in [-0.15, -0.1) is 0 Å². The van der Waals surface area contributed by atoms with Gasteiger partial charge in [0.25, 0.3) is 0 Å². The van der Waals surface area contributed by atoms with E-state index in [4.69, 9.17) is 17.3 Å². The predicted octanol–water partition coefficient (Wildman–Crippen LogP) is 3.91. The van der Waals surface area contributed by atoms with E-state index in [2.05, 4.69) is 0 Å². The van der Waals surface area contributed by atoms with Crippen molar-refractivity contribution in [1.82, 2.24) is 0 Å². The number of nitrogen functional groups attached to an aromatic ring is 1. The molecule has 3 aromatic rings. The minimum absolute atomic E-state index is 0.0715. The van der Waals surface area contributed by atoms with Gasteiger partial charge in [0.2, 0.25) is 9.84 Å². The SMILES string of the molecule is Nc1cc(Cl)ccc1S(=O)(=O)c1ccc2ccccc2c1. The number of fused-ring (bicyclic) bond motifs is 1. The normalized spacial score (nSPS) is 11.7. The average molecular weight is 318 g/mol. The Morgan fingerprint density at radius 3 is 2.29 bits per heavy atom. The summed E-state index contributed by atoms with van der Waals surface area (Å²) < 4.78 is 25.4. The number of hydrogen-bond acceptors (Lipinski definition) is 3. The molecule has 0 fully saturated rings. The molecule has 0 amide bonds. The number of halogens is 1. The molecule has 0 saturated heterocycles. The van der Waals surface area contributed by atoms with E-state index < -0.39 is 9.84 Å². The van der Waals surface area contributed by atoms with Crippen LogP contribution in [-0.4, -0.2) is 8.42 Å². The van der Waals surface area contributed by atoms with Gasteiger partial charge in [-0.3, -0.25) is 0 Å². The van der Waals surface area contributed by atoms with E-state index >= 15 is 0 Å². The van der Waals surface area contributed by atoms with Gasteiger partial charge in [-0.1, -0.05) is 41.9 Å². The Morgan fingerprint density at radius 1 is 0.857 bits per heavy atom. The second-order valence-electron chi connectivity index (χ2n) is 4.69. The van der Waals surface area contributed by atoms with Crippen molar-refractivity contribution in [3.8, 4) is 0 Å². The molecule has 0 aromatic heterocycles. The molecule has 3 rings (SSSR count). The minimum Gasteiger partial charge on any atom is -0.398 e. The molecule has 0 unspecified atom stereocenters. The smallest absolute Gasteiger partial charge is 0.208 e. The van der Waals surface area contributed by atoms with Crippen LogP contribution in [0, 0.1) is 0 Å². The van der Waals surface area contributed by atoms with Crippen LogP contribution >= 0.6 is 11.6 Å². The lowest BCUT2D eigenvalue weighted by atomic mass is 10.1. The lowest BCUT2D eigenvalue weighted by molar-refractivity contribution is 0.596. The Bertz CT molecular complexity index is 936. The molecule has 0 atom stereocenters. The summed E-state index contributed by atoms with van der Waals surface area (Å²) in [6.07, 6.45) is 0. The predicted molar refractivity (Wildman–Crippen MR) is 85.3 cm³/mol. The van der Waals surface area contributed by atoms with Crippen LogP contribution in [0.4, 0.5) is 5.69 Å². The summed E-state index contributed by atoms with van der Waals surface area (Å²) >= 11 is 5.82. The fraction of sp³-hybridized carbons (Fsp3) is 0. The zero-order valence-corrected chi connectivity index (χ0v) is 12.5. The third-order valence-electron chi connectivity index (χ3n) is 3.29. The van der Waals surface area contributed by atoms with Crippen LogP contribution in [0.15, 0.2) is 70.5 Å². The standard InChI is InChI=1S/C16H12ClNO2S/c17-13-6-8-16(15(18)10-13)21(19,20)14-7-5-11-3-1-2-4-12(11)9-14/h1-10H,18H2. The van der Waals surface area contributed by atoms with Crippen molar-refractivity contribution in [1.29, 1.82) is 0 Å². The zero-order chi connectivity index (χ0) is 15.0. The lowest BCUT2D eigenvalue weighted by Crippen LogP contribution is -2.05. The summed E-state index contributed by atoms with van der Waals surface area (Å²) in [6, 6.07) is 17.0. The number of benzene rings is 3. The average Bonchev–Trinajstić information content (AvgIpc) is 2.46. The number of rotatable bonds is 2. The highest BCUT2D eigenvalue weighted by Gasteiger charge is 2.20. The molecule has 0 aliphatic carbocycles. The van der Waals surface area contributed by atoms with Crippen LogP contribution in [0.1, 0.15) is 0 Å². The van der Waals surface area contributed by atoms with Crippen LogP contribution in [0.5, 0.6) is 0 Å². The van der Waals surface area contributed by atoms with E-state index in [-0.39, 0.29) is 15.5 Å². The Morgan fingerprint density at radius 2 is 1.57 bits per heavy atom. The molecule has 0 spiro atoms. The quantitative estimate of drug-likeness (QED) is 0.729.